The lowest BCUT2D eigenvalue weighted by Gasteiger charge is -2.25. The molecule has 32 heavy (non-hydrogen) atoms. The minimum absolute atomic E-state index is 0.0626. The fourth-order valence-electron chi connectivity index (χ4n) is 3.73. The zero-order valence-corrected chi connectivity index (χ0v) is 18.1. The highest BCUT2D eigenvalue weighted by Crippen LogP contribution is 2.31. The van der Waals surface area contributed by atoms with Gasteiger partial charge in [0.15, 0.2) is 0 Å². The monoisotopic (exact) mass is 437 g/mol. The highest BCUT2D eigenvalue weighted by molar-refractivity contribution is 6.04. The third-order valence-electron chi connectivity index (χ3n) is 5.51. The van der Waals surface area contributed by atoms with Crippen LogP contribution in [0.15, 0.2) is 47.6 Å². The van der Waals surface area contributed by atoms with Gasteiger partial charge in [-0.1, -0.05) is 12.1 Å². The lowest BCUT2D eigenvalue weighted by molar-refractivity contribution is -0.142. The Morgan fingerprint density at radius 3 is 2.72 bits per heavy atom. The molecule has 168 valence electrons. The number of methoxy groups -OCH3 is 1. The van der Waals surface area contributed by atoms with Crippen LogP contribution in [0, 0.1) is 5.92 Å². The summed E-state index contributed by atoms with van der Waals surface area (Å²) in [5.74, 6) is 0.412. The van der Waals surface area contributed by atoms with Crippen LogP contribution in [0.2, 0.25) is 0 Å². The number of anilines is 1. The number of hydrogen-bond acceptors (Lipinski definition) is 7. The summed E-state index contributed by atoms with van der Waals surface area (Å²) >= 11 is 0. The molecule has 2 heterocycles. The van der Waals surface area contributed by atoms with E-state index in [4.69, 9.17) is 14.2 Å². The number of carbonyl (C=O) groups is 2. The molecule has 1 amide bonds. The van der Waals surface area contributed by atoms with Crippen molar-refractivity contribution in [2.75, 3.05) is 45.3 Å². The first-order valence-corrected chi connectivity index (χ1v) is 10.7. The van der Waals surface area contributed by atoms with E-state index in [2.05, 4.69) is 10.4 Å². The molecule has 4 rings (SSSR count). The van der Waals surface area contributed by atoms with Gasteiger partial charge < -0.3 is 19.5 Å². The van der Waals surface area contributed by atoms with Crippen molar-refractivity contribution in [2.45, 2.75) is 12.8 Å². The van der Waals surface area contributed by atoms with Gasteiger partial charge >= 0.3 is 5.97 Å². The minimum atomic E-state index is -0.245. The van der Waals surface area contributed by atoms with E-state index in [9.17, 15) is 9.59 Å². The van der Waals surface area contributed by atoms with Crippen molar-refractivity contribution in [1.29, 1.82) is 0 Å². The van der Waals surface area contributed by atoms with E-state index in [1.54, 1.807) is 18.3 Å². The molecular weight excluding hydrogens is 410 g/mol. The largest absolute Gasteiger partial charge is 0.493 e. The SMILES string of the molecule is COC(=O)CC1COc2ccc(NC(=O)c3ccc(C=NN4CCOCC4)cc3)cc2C1. The van der Waals surface area contributed by atoms with Crippen molar-refractivity contribution < 1.29 is 23.8 Å². The lowest BCUT2D eigenvalue weighted by atomic mass is 9.94. The molecule has 2 aliphatic heterocycles. The molecule has 0 bridgehead atoms. The van der Waals surface area contributed by atoms with Crippen LogP contribution in [0.3, 0.4) is 0 Å². The molecule has 2 aromatic rings. The van der Waals surface area contributed by atoms with E-state index in [1.807, 2.05) is 35.3 Å². The Morgan fingerprint density at radius 2 is 1.97 bits per heavy atom. The molecule has 8 heteroatoms. The molecule has 0 spiro atoms. The van der Waals surface area contributed by atoms with Crippen molar-refractivity contribution in [1.82, 2.24) is 5.01 Å². The molecule has 8 nitrogen and oxygen atoms in total. The number of carbonyl (C=O) groups excluding carboxylic acids is 2. The van der Waals surface area contributed by atoms with Gasteiger partial charge in [-0.3, -0.25) is 14.6 Å². The highest BCUT2D eigenvalue weighted by Gasteiger charge is 2.23. The van der Waals surface area contributed by atoms with Crippen LogP contribution in [-0.4, -0.2) is 63.1 Å². The zero-order valence-electron chi connectivity index (χ0n) is 18.1. The number of benzene rings is 2. The number of hydrazone groups is 1. The number of fused-ring (bicyclic) bond motifs is 1. The Balaban J connectivity index is 1.36. The fraction of sp³-hybridized carbons (Fsp3) is 0.375. The van der Waals surface area contributed by atoms with Gasteiger partial charge in [0.25, 0.3) is 5.91 Å². The third-order valence-corrected chi connectivity index (χ3v) is 5.51. The second kappa shape index (κ2) is 10.3. The molecule has 0 radical (unpaired) electrons. The van der Waals surface area contributed by atoms with E-state index >= 15 is 0 Å². The Kier molecular flexibility index (Phi) is 7.01. The van der Waals surface area contributed by atoms with Gasteiger partial charge in [0.2, 0.25) is 0 Å². The van der Waals surface area contributed by atoms with E-state index in [1.165, 1.54) is 7.11 Å². The molecular formula is C24H27N3O5. The Bertz CT molecular complexity index is 984. The molecule has 1 N–H and O–H groups in total. The standard InChI is InChI=1S/C24H27N3O5/c1-30-23(28)13-18-12-20-14-21(6-7-22(20)32-16-18)26-24(29)19-4-2-17(3-5-19)15-25-27-8-10-31-11-9-27/h2-7,14-15,18H,8-13,16H2,1H3,(H,26,29). The topological polar surface area (TPSA) is 89.5 Å². The van der Waals surface area contributed by atoms with E-state index in [0.717, 1.165) is 30.0 Å². The quantitative estimate of drug-likeness (QED) is 0.552. The van der Waals surface area contributed by atoms with E-state index in [-0.39, 0.29) is 17.8 Å². The van der Waals surface area contributed by atoms with Crippen LogP contribution in [0.25, 0.3) is 0 Å². The highest BCUT2D eigenvalue weighted by atomic mass is 16.5. The summed E-state index contributed by atoms with van der Waals surface area (Å²) in [6.45, 7) is 3.43. The van der Waals surface area contributed by atoms with E-state index < -0.39 is 0 Å². The number of nitrogens with one attached hydrogen (secondary N) is 1. The first-order valence-electron chi connectivity index (χ1n) is 10.7. The van der Waals surface area contributed by atoms with Gasteiger partial charge in [-0.25, -0.2) is 0 Å². The molecule has 0 aliphatic carbocycles. The first kappa shape index (κ1) is 21.8. The normalized spacial score (nSPS) is 18.0. The number of esters is 1. The second-order valence-corrected chi connectivity index (χ2v) is 7.87. The zero-order chi connectivity index (χ0) is 22.3. The summed E-state index contributed by atoms with van der Waals surface area (Å²) in [4.78, 5) is 24.2. The van der Waals surface area contributed by atoms with Gasteiger partial charge in [0.1, 0.15) is 5.75 Å². The van der Waals surface area contributed by atoms with Crippen LogP contribution in [0.4, 0.5) is 5.69 Å². The maximum Gasteiger partial charge on any atom is 0.305 e. The number of morpholine rings is 1. The van der Waals surface area contributed by atoms with Crippen LogP contribution >= 0.6 is 0 Å². The third kappa shape index (κ3) is 5.64. The predicted molar refractivity (Wildman–Crippen MR) is 120 cm³/mol. The molecule has 1 saturated heterocycles. The van der Waals surface area contributed by atoms with Gasteiger partial charge in [-0.15, -0.1) is 0 Å². The molecule has 2 aliphatic rings. The summed E-state index contributed by atoms with van der Waals surface area (Å²) in [5, 5.41) is 9.36. The molecule has 0 saturated carbocycles. The van der Waals surface area contributed by atoms with Crippen LogP contribution in [-0.2, 0) is 20.7 Å². The molecule has 1 atom stereocenters. The van der Waals surface area contributed by atoms with Gasteiger partial charge in [-0.05, 0) is 47.9 Å². The predicted octanol–water partition coefficient (Wildman–Crippen LogP) is 2.72. The molecule has 2 aromatic carbocycles. The smallest absolute Gasteiger partial charge is 0.305 e. The number of nitrogens with zero attached hydrogens (tertiary/aromatic N) is 2. The minimum Gasteiger partial charge on any atom is -0.493 e. The number of hydrogen-bond donors (Lipinski definition) is 1. The Hall–Kier alpha value is -3.39. The number of ether oxygens (including phenoxy) is 3. The van der Waals surface area contributed by atoms with Crippen LogP contribution in [0.1, 0.15) is 27.9 Å². The summed E-state index contributed by atoms with van der Waals surface area (Å²) in [6, 6.07) is 12.9. The summed E-state index contributed by atoms with van der Waals surface area (Å²) in [6.07, 6.45) is 2.81. The van der Waals surface area contributed by atoms with Crippen molar-refractivity contribution >= 4 is 23.8 Å². The maximum absolute atomic E-state index is 12.7. The van der Waals surface area contributed by atoms with Gasteiger partial charge in [-0.2, -0.15) is 5.10 Å². The maximum atomic E-state index is 12.7. The number of rotatable bonds is 6. The first-order chi connectivity index (χ1) is 15.6. The van der Waals surface area contributed by atoms with Gasteiger partial charge in [0.05, 0.1) is 52.7 Å². The average Bonchev–Trinajstić information content (AvgIpc) is 2.83. The van der Waals surface area contributed by atoms with Crippen molar-refractivity contribution in [2.24, 2.45) is 11.0 Å². The van der Waals surface area contributed by atoms with E-state index in [0.29, 0.717) is 43.9 Å². The van der Waals surface area contributed by atoms with Crippen LogP contribution < -0.4 is 10.1 Å². The fourth-order valence-corrected chi connectivity index (χ4v) is 3.73. The molecule has 1 fully saturated rings. The van der Waals surface area contributed by atoms with Crippen LogP contribution in [0.5, 0.6) is 5.75 Å². The van der Waals surface area contributed by atoms with Crippen molar-refractivity contribution in [3.63, 3.8) is 0 Å². The average molecular weight is 437 g/mol. The summed E-state index contributed by atoms with van der Waals surface area (Å²) in [5.41, 5.74) is 3.15. The van der Waals surface area contributed by atoms with Crippen molar-refractivity contribution in [3.8, 4) is 5.75 Å². The lowest BCUT2D eigenvalue weighted by Crippen LogP contribution is -2.32. The van der Waals surface area contributed by atoms with Crippen molar-refractivity contribution in [3.05, 3.63) is 59.2 Å². The number of amides is 1. The molecule has 1 unspecified atom stereocenters. The Labute approximate surface area is 187 Å². The summed E-state index contributed by atoms with van der Waals surface area (Å²) < 4.78 is 15.8. The Morgan fingerprint density at radius 1 is 1.19 bits per heavy atom. The van der Waals surface area contributed by atoms with Gasteiger partial charge in [0, 0.05) is 17.2 Å². The summed E-state index contributed by atoms with van der Waals surface area (Å²) in [7, 11) is 1.39. The molecule has 0 aromatic heterocycles. The second-order valence-electron chi connectivity index (χ2n) is 7.87.